The van der Waals surface area contributed by atoms with E-state index in [1.165, 1.54) is 0 Å². The minimum Gasteiger partial charge on any atom is -0.485 e. The van der Waals surface area contributed by atoms with Crippen molar-refractivity contribution in [1.29, 1.82) is 0 Å². The van der Waals surface area contributed by atoms with Gasteiger partial charge in [-0.1, -0.05) is 13.8 Å². The Labute approximate surface area is 339 Å². The predicted molar refractivity (Wildman–Crippen MR) is 217 cm³/mol. The molecule has 5 aliphatic rings. The molecular weight excluding hydrogens is 801 g/mol. The summed E-state index contributed by atoms with van der Waals surface area (Å²) in [6.45, 7) is 18.2. The molecule has 5 aromatic rings. The van der Waals surface area contributed by atoms with Gasteiger partial charge in [0.25, 0.3) is 0 Å². The number of fused-ring (bicyclic) bond motifs is 5. The minimum absolute atomic E-state index is 0.416. The van der Waals surface area contributed by atoms with Crippen LogP contribution in [0, 0.1) is 13.8 Å². The van der Waals surface area contributed by atoms with E-state index in [9.17, 15) is 0 Å². The summed E-state index contributed by atoms with van der Waals surface area (Å²) in [6, 6.07) is 0. The minimum atomic E-state index is -0.416. The van der Waals surface area contributed by atoms with Crippen LogP contribution < -0.4 is 47.4 Å². The molecule has 10 rings (SSSR count). The Morgan fingerprint density at radius 1 is 0.345 bits per heavy atom. The van der Waals surface area contributed by atoms with E-state index in [-0.39, 0.29) is 0 Å². The van der Waals surface area contributed by atoms with Gasteiger partial charge in [0.2, 0.25) is 0 Å². The first-order valence-electron chi connectivity index (χ1n) is 18.8. The van der Waals surface area contributed by atoms with Crippen LogP contribution in [-0.4, -0.2) is 66.1 Å². The highest BCUT2D eigenvalue weighted by atomic mass is 32.1. The van der Waals surface area contributed by atoms with E-state index in [4.69, 9.17) is 47.4 Å². The van der Waals surface area contributed by atoms with Gasteiger partial charge in [0.1, 0.15) is 66.1 Å². The van der Waals surface area contributed by atoms with Crippen LogP contribution in [0.4, 0.5) is 0 Å². The number of ether oxygens (including phenoxy) is 10. The van der Waals surface area contributed by atoms with E-state index in [2.05, 4.69) is 41.5 Å². The van der Waals surface area contributed by atoms with Gasteiger partial charge in [-0.2, -0.15) is 0 Å². The van der Waals surface area contributed by atoms with Crippen LogP contribution in [0.2, 0.25) is 0 Å². The summed E-state index contributed by atoms with van der Waals surface area (Å²) in [4.78, 5) is 10.6. The van der Waals surface area contributed by atoms with Crippen molar-refractivity contribution in [1.82, 2.24) is 0 Å². The Balaban J connectivity index is 1.14. The summed E-state index contributed by atoms with van der Waals surface area (Å²) in [6.07, 6.45) is 1.65. The monoisotopic (exact) mass is 842 g/mol. The van der Waals surface area contributed by atoms with E-state index < -0.39 is 10.8 Å². The van der Waals surface area contributed by atoms with Crippen LogP contribution >= 0.6 is 56.7 Å². The maximum atomic E-state index is 6.52. The Bertz CT molecular complexity index is 2150. The zero-order valence-corrected chi connectivity index (χ0v) is 35.7. The standard InChI is InChI=1S/C40H42O10S5/c1-7-39(5,35-27-21(19(3)51-35)41-9-15-47-27)37-29-25(45-13-17-49-29)33(54-37)31-23-24(44-12-11-43-23)32(53-31)34-26-30(50-18-14-46-26)38(55-34)40(6,8-2)36-28-22(20(4)52-36)42-10-16-48-28/h7-18H2,1-6H3. The lowest BCUT2D eigenvalue weighted by molar-refractivity contribution is 0.166. The Morgan fingerprint density at radius 2 is 0.582 bits per heavy atom. The van der Waals surface area contributed by atoms with Crippen molar-refractivity contribution < 1.29 is 47.4 Å². The number of aryl methyl sites for hydroxylation is 2. The number of hydrogen-bond acceptors (Lipinski definition) is 15. The van der Waals surface area contributed by atoms with Crippen LogP contribution in [0.1, 0.15) is 69.8 Å². The molecule has 2 unspecified atom stereocenters. The molecule has 292 valence electrons. The second kappa shape index (κ2) is 13.6. The van der Waals surface area contributed by atoms with Crippen LogP contribution in [0.5, 0.6) is 57.5 Å². The molecule has 10 nitrogen and oxygen atoms in total. The summed E-state index contributed by atoms with van der Waals surface area (Å²) >= 11 is 8.55. The number of rotatable bonds is 8. The lowest BCUT2D eigenvalue weighted by atomic mass is 9.83. The fourth-order valence-corrected chi connectivity index (χ4v) is 14.9. The quantitative estimate of drug-likeness (QED) is 0.150. The van der Waals surface area contributed by atoms with Crippen molar-refractivity contribution in [2.24, 2.45) is 0 Å². The summed E-state index contributed by atoms with van der Waals surface area (Å²) in [5.74, 6) is 7.95. The van der Waals surface area contributed by atoms with Gasteiger partial charge in [-0.25, -0.2) is 0 Å². The second-order valence-electron chi connectivity index (χ2n) is 14.4. The molecule has 0 saturated heterocycles. The molecule has 0 bridgehead atoms. The van der Waals surface area contributed by atoms with E-state index in [0.717, 1.165) is 119 Å². The van der Waals surface area contributed by atoms with Gasteiger partial charge in [-0.15, -0.1) is 56.7 Å². The molecule has 10 heterocycles. The average molecular weight is 843 g/mol. The van der Waals surface area contributed by atoms with Gasteiger partial charge in [0, 0.05) is 20.6 Å². The fourth-order valence-electron chi connectivity index (χ4n) is 7.94. The topological polar surface area (TPSA) is 92.3 Å². The van der Waals surface area contributed by atoms with Crippen LogP contribution in [0.15, 0.2) is 0 Å². The zero-order valence-electron chi connectivity index (χ0n) is 31.6. The summed E-state index contributed by atoms with van der Waals surface area (Å²) < 4.78 is 63.9. The van der Waals surface area contributed by atoms with Crippen molar-refractivity contribution in [3.05, 3.63) is 29.3 Å². The molecule has 0 amide bonds. The van der Waals surface area contributed by atoms with E-state index >= 15 is 0 Å². The van der Waals surface area contributed by atoms with E-state index in [0.29, 0.717) is 66.1 Å². The molecule has 2 atom stereocenters. The van der Waals surface area contributed by atoms with Crippen LogP contribution in [0.3, 0.4) is 0 Å². The van der Waals surface area contributed by atoms with Gasteiger partial charge in [0.05, 0.1) is 39.0 Å². The number of hydrogen-bond donors (Lipinski definition) is 0. The maximum absolute atomic E-state index is 6.52. The zero-order chi connectivity index (χ0) is 37.6. The molecule has 55 heavy (non-hydrogen) atoms. The van der Waals surface area contributed by atoms with Gasteiger partial charge in [0.15, 0.2) is 57.5 Å². The van der Waals surface area contributed by atoms with E-state index in [1.807, 2.05) is 0 Å². The summed E-state index contributed by atoms with van der Waals surface area (Å²) in [5.41, 5.74) is -0.832. The number of thiophene rings is 5. The maximum Gasteiger partial charge on any atom is 0.181 e. The smallest absolute Gasteiger partial charge is 0.181 e. The highest BCUT2D eigenvalue weighted by molar-refractivity contribution is 7.28. The third-order valence-corrected chi connectivity index (χ3v) is 18.1. The van der Waals surface area contributed by atoms with Gasteiger partial charge >= 0.3 is 0 Å². The van der Waals surface area contributed by atoms with Crippen molar-refractivity contribution in [3.8, 4) is 77.0 Å². The van der Waals surface area contributed by atoms with Crippen molar-refractivity contribution in [3.63, 3.8) is 0 Å². The SMILES string of the molecule is CCC(C)(c1sc(C)c2c1OCCO2)c1sc(-c2sc(-c3sc(C(C)(CC)c4sc(C)c5c4OCCO5)c4c3OCCO4)c3c2OCCO3)c2c1OCCO2. The molecule has 0 spiro atoms. The first kappa shape index (κ1) is 35.9. The van der Waals surface area contributed by atoms with Crippen molar-refractivity contribution in [2.75, 3.05) is 66.1 Å². The summed E-state index contributed by atoms with van der Waals surface area (Å²) in [7, 11) is 0. The molecule has 0 aliphatic carbocycles. The van der Waals surface area contributed by atoms with Crippen molar-refractivity contribution >= 4 is 56.7 Å². The van der Waals surface area contributed by atoms with Gasteiger partial charge in [-0.05, 0) is 40.5 Å². The highest BCUT2D eigenvalue weighted by Gasteiger charge is 2.46. The predicted octanol–water partition coefficient (Wildman–Crippen LogP) is 10.2. The Hall–Kier alpha value is -3.50. The van der Waals surface area contributed by atoms with Crippen molar-refractivity contribution in [2.45, 2.75) is 65.2 Å². The molecular formula is C40H42O10S5. The normalized spacial score (nSPS) is 18.8. The first-order chi connectivity index (χ1) is 26.8. The van der Waals surface area contributed by atoms with E-state index in [1.54, 1.807) is 56.7 Å². The fraction of sp³-hybridized carbons (Fsp3) is 0.500. The third-order valence-electron chi connectivity index (χ3n) is 11.2. The lowest BCUT2D eigenvalue weighted by Crippen LogP contribution is -2.25. The summed E-state index contributed by atoms with van der Waals surface area (Å²) in [5, 5.41) is 0. The highest BCUT2D eigenvalue weighted by Crippen LogP contribution is 2.67. The molecule has 0 fully saturated rings. The molecule has 0 saturated carbocycles. The third kappa shape index (κ3) is 5.31. The van der Waals surface area contributed by atoms with Gasteiger partial charge < -0.3 is 47.4 Å². The molecule has 5 aromatic heterocycles. The molecule has 0 N–H and O–H groups in total. The lowest BCUT2D eigenvalue weighted by Gasteiger charge is -2.30. The van der Waals surface area contributed by atoms with Gasteiger partial charge in [-0.3, -0.25) is 0 Å². The van der Waals surface area contributed by atoms with Crippen LogP contribution in [-0.2, 0) is 10.8 Å². The van der Waals surface area contributed by atoms with Crippen LogP contribution in [0.25, 0.3) is 19.5 Å². The molecule has 5 aliphatic heterocycles. The second-order valence-corrected chi connectivity index (χ2v) is 19.9. The average Bonchev–Trinajstić information content (AvgIpc) is 4.05. The Kier molecular flexibility index (Phi) is 8.85. The molecule has 15 heteroatoms. The Morgan fingerprint density at radius 3 is 0.909 bits per heavy atom. The largest absolute Gasteiger partial charge is 0.485 e. The molecule has 0 aromatic carbocycles. The first-order valence-corrected chi connectivity index (χ1v) is 22.9. The molecule has 0 radical (unpaired) electrons.